The topological polar surface area (TPSA) is 0 Å². The van der Waals surface area contributed by atoms with E-state index in [1.807, 2.05) is 0 Å². The Morgan fingerprint density at radius 3 is 2.57 bits per heavy atom. The summed E-state index contributed by atoms with van der Waals surface area (Å²) >= 11 is 3.62. The number of unbranched alkanes of at least 4 members (excludes halogenated alkanes) is 1. The van der Waals surface area contributed by atoms with Gasteiger partial charge in [0, 0.05) is 5.33 Å². The summed E-state index contributed by atoms with van der Waals surface area (Å²) in [6.07, 6.45) is 3.91. The van der Waals surface area contributed by atoms with E-state index >= 15 is 0 Å². The van der Waals surface area contributed by atoms with Crippen molar-refractivity contribution in [3.05, 3.63) is 35.4 Å². The molecule has 1 aromatic carbocycles. The number of aryl methyl sites for hydroxylation is 1. The van der Waals surface area contributed by atoms with Crippen LogP contribution in [0.15, 0.2) is 24.3 Å². The van der Waals surface area contributed by atoms with Crippen LogP contribution in [-0.4, -0.2) is 5.33 Å². The Kier molecular flexibility index (Phi) is 5.24. The molecule has 0 N–H and O–H groups in total. The lowest BCUT2D eigenvalue weighted by atomic mass is 9.92. The van der Waals surface area contributed by atoms with Crippen LogP contribution < -0.4 is 0 Å². The Morgan fingerprint density at radius 1 is 1.29 bits per heavy atom. The van der Waals surface area contributed by atoms with E-state index < -0.39 is 0 Å². The van der Waals surface area contributed by atoms with E-state index in [4.69, 9.17) is 0 Å². The van der Waals surface area contributed by atoms with Gasteiger partial charge in [0.25, 0.3) is 0 Å². The molecule has 0 saturated carbocycles. The molecule has 0 aliphatic carbocycles. The van der Waals surface area contributed by atoms with Crippen LogP contribution in [0.2, 0.25) is 0 Å². The highest BCUT2D eigenvalue weighted by Gasteiger charge is 2.10. The quantitative estimate of drug-likeness (QED) is 0.671. The zero-order chi connectivity index (χ0) is 10.4. The fraction of sp³-hybridized carbons (Fsp3) is 0.538. The molecule has 1 heteroatoms. The van der Waals surface area contributed by atoms with E-state index in [9.17, 15) is 0 Å². The van der Waals surface area contributed by atoms with Gasteiger partial charge in [0.05, 0.1) is 0 Å². The van der Waals surface area contributed by atoms with Crippen LogP contribution in [0, 0.1) is 6.92 Å². The molecule has 0 aliphatic heterocycles. The monoisotopic (exact) mass is 254 g/mol. The summed E-state index contributed by atoms with van der Waals surface area (Å²) < 4.78 is 0. The van der Waals surface area contributed by atoms with Crippen molar-refractivity contribution in [1.29, 1.82) is 0 Å². The van der Waals surface area contributed by atoms with E-state index in [1.165, 1.54) is 30.4 Å². The molecule has 1 unspecified atom stereocenters. The van der Waals surface area contributed by atoms with Gasteiger partial charge in [-0.1, -0.05) is 60.0 Å². The van der Waals surface area contributed by atoms with Crippen molar-refractivity contribution in [1.82, 2.24) is 0 Å². The zero-order valence-electron chi connectivity index (χ0n) is 9.09. The molecule has 0 aliphatic rings. The molecule has 0 saturated heterocycles. The first-order valence-corrected chi connectivity index (χ1v) is 6.53. The smallest absolute Gasteiger partial charge is 0.0100 e. The molecule has 1 atom stereocenters. The first-order valence-electron chi connectivity index (χ1n) is 5.41. The van der Waals surface area contributed by atoms with Gasteiger partial charge in [0.1, 0.15) is 0 Å². The number of hydrogen-bond donors (Lipinski definition) is 0. The minimum atomic E-state index is 0.691. The zero-order valence-corrected chi connectivity index (χ0v) is 10.7. The van der Waals surface area contributed by atoms with Gasteiger partial charge >= 0.3 is 0 Å². The predicted molar refractivity (Wildman–Crippen MR) is 67.2 cm³/mol. The van der Waals surface area contributed by atoms with Crippen molar-refractivity contribution in [2.75, 3.05) is 5.33 Å². The molecule has 78 valence electrons. The van der Waals surface area contributed by atoms with Crippen LogP contribution in [0.25, 0.3) is 0 Å². The third-order valence-electron chi connectivity index (χ3n) is 2.72. The number of rotatable bonds is 5. The maximum Gasteiger partial charge on any atom is 0.0100 e. The van der Waals surface area contributed by atoms with E-state index in [1.54, 1.807) is 0 Å². The third kappa shape index (κ3) is 3.13. The maximum absolute atomic E-state index is 3.62. The molecular weight excluding hydrogens is 236 g/mol. The van der Waals surface area contributed by atoms with Crippen LogP contribution in [0.5, 0.6) is 0 Å². The second-order valence-electron chi connectivity index (χ2n) is 3.85. The van der Waals surface area contributed by atoms with Crippen molar-refractivity contribution in [3.63, 3.8) is 0 Å². The number of hydrogen-bond acceptors (Lipinski definition) is 0. The Bertz CT molecular complexity index is 268. The van der Waals surface area contributed by atoms with Crippen LogP contribution >= 0.6 is 15.9 Å². The maximum atomic E-state index is 3.62. The van der Waals surface area contributed by atoms with E-state index in [-0.39, 0.29) is 0 Å². The van der Waals surface area contributed by atoms with Gasteiger partial charge in [-0.05, 0) is 30.4 Å². The molecule has 0 fully saturated rings. The van der Waals surface area contributed by atoms with Crippen molar-refractivity contribution >= 4 is 15.9 Å². The predicted octanol–water partition coefficient (Wildman–Crippen LogP) is 4.66. The Balaban J connectivity index is 2.73. The number of halogens is 1. The Hall–Kier alpha value is -0.300. The van der Waals surface area contributed by atoms with Crippen molar-refractivity contribution in [3.8, 4) is 0 Å². The lowest BCUT2D eigenvalue weighted by Crippen LogP contribution is -2.02. The summed E-state index contributed by atoms with van der Waals surface area (Å²) in [5, 5.41) is 1.08. The molecule has 0 nitrogen and oxygen atoms in total. The minimum Gasteiger partial charge on any atom is -0.0921 e. The van der Waals surface area contributed by atoms with Crippen LogP contribution in [-0.2, 0) is 0 Å². The summed E-state index contributed by atoms with van der Waals surface area (Å²) in [5.74, 6) is 0.691. The third-order valence-corrected chi connectivity index (χ3v) is 3.50. The average Bonchev–Trinajstić information content (AvgIpc) is 2.21. The molecule has 0 spiro atoms. The van der Waals surface area contributed by atoms with E-state index in [0.29, 0.717) is 5.92 Å². The van der Waals surface area contributed by atoms with Gasteiger partial charge in [-0.3, -0.25) is 0 Å². The van der Waals surface area contributed by atoms with Crippen LogP contribution in [0.4, 0.5) is 0 Å². The first-order chi connectivity index (χ1) is 6.79. The largest absolute Gasteiger partial charge is 0.0921 e. The van der Waals surface area contributed by atoms with Gasteiger partial charge in [-0.15, -0.1) is 0 Å². The van der Waals surface area contributed by atoms with Crippen molar-refractivity contribution < 1.29 is 0 Å². The Morgan fingerprint density at radius 2 is 2.00 bits per heavy atom. The fourth-order valence-electron chi connectivity index (χ4n) is 1.81. The summed E-state index contributed by atoms with van der Waals surface area (Å²) in [6.45, 7) is 4.46. The molecule has 0 amide bonds. The summed E-state index contributed by atoms with van der Waals surface area (Å²) in [6, 6.07) is 8.72. The molecule has 0 heterocycles. The molecular formula is C13H19Br. The lowest BCUT2D eigenvalue weighted by molar-refractivity contribution is 0.631. The SMILES string of the molecule is CCCCC(CBr)c1ccccc1C. The molecule has 14 heavy (non-hydrogen) atoms. The van der Waals surface area contributed by atoms with Gasteiger partial charge in [-0.25, -0.2) is 0 Å². The standard InChI is InChI=1S/C13H19Br/c1-3-4-8-12(10-14)13-9-6-5-7-11(13)2/h5-7,9,12H,3-4,8,10H2,1-2H3. The average molecular weight is 255 g/mol. The first kappa shape index (κ1) is 11.8. The van der Waals surface area contributed by atoms with Gasteiger partial charge in [-0.2, -0.15) is 0 Å². The highest BCUT2D eigenvalue weighted by Crippen LogP contribution is 2.26. The molecule has 1 rings (SSSR count). The Labute approximate surface area is 95.9 Å². The molecule has 1 aromatic rings. The second-order valence-corrected chi connectivity index (χ2v) is 4.50. The summed E-state index contributed by atoms with van der Waals surface area (Å²) in [7, 11) is 0. The number of alkyl halides is 1. The second kappa shape index (κ2) is 6.23. The van der Waals surface area contributed by atoms with Gasteiger partial charge in [0.2, 0.25) is 0 Å². The fourth-order valence-corrected chi connectivity index (χ4v) is 2.48. The minimum absolute atomic E-state index is 0.691. The molecule has 0 aromatic heterocycles. The highest BCUT2D eigenvalue weighted by atomic mass is 79.9. The summed E-state index contributed by atoms with van der Waals surface area (Å²) in [4.78, 5) is 0. The van der Waals surface area contributed by atoms with Crippen LogP contribution in [0.1, 0.15) is 43.2 Å². The highest BCUT2D eigenvalue weighted by molar-refractivity contribution is 9.09. The normalized spacial score (nSPS) is 12.8. The van der Waals surface area contributed by atoms with Crippen molar-refractivity contribution in [2.45, 2.75) is 39.0 Å². The summed E-state index contributed by atoms with van der Waals surface area (Å²) in [5.41, 5.74) is 2.94. The lowest BCUT2D eigenvalue weighted by Gasteiger charge is -2.16. The van der Waals surface area contributed by atoms with Crippen LogP contribution in [0.3, 0.4) is 0 Å². The van der Waals surface area contributed by atoms with Crippen molar-refractivity contribution in [2.24, 2.45) is 0 Å². The van der Waals surface area contributed by atoms with Gasteiger partial charge < -0.3 is 0 Å². The molecule has 0 bridgehead atoms. The number of benzene rings is 1. The molecule has 0 radical (unpaired) electrons. The van der Waals surface area contributed by atoms with Gasteiger partial charge in [0.15, 0.2) is 0 Å². The van der Waals surface area contributed by atoms with E-state index in [0.717, 1.165) is 5.33 Å². The van der Waals surface area contributed by atoms with E-state index in [2.05, 4.69) is 54.0 Å².